The molecule has 8 nitrogen and oxygen atoms in total. The quantitative estimate of drug-likeness (QED) is 0.464. The maximum absolute atomic E-state index is 11.2. The number of carboxylic acid groups (broad SMARTS) is 4. The Morgan fingerprint density at radius 2 is 1.12 bits per heavy atom. The monoisotopic (exact) mass is 392 g/mol. The molecule has 0 saturated carbocycles. The van der Waals surface area contributed by atoms with E-state index in [-0.39, 0.29) is 135 Å². The number of carbonyl (C=O) groups is 4. The Labute approximate surface area is 235 Å². The maximum Gasteiger partial charge on any atom is 1.00 e. The summed E-state index contributed by atoms with van der Waals surface area (Å²) in [5.74, 6) is -7.52. The third-order valence-electron chi connectivity index (χ3n) is 3.00. The van der Waals surface area contributed by atoms with E-state index in [1.54, 1.807) is 0 Å². The van der Waals surface area contributed by atoms with Crippen molar-refractivity contribution in [3.63, 3.8) is 0 Å². The first-order chi connectivity index (χ1) is 10.2. The molecule has 12 heteroatoms. The molecule has 0 saturated heterocycles. The van der Waals surface area contributed by atoms with Gasteiger partial charge in [-0.2, -0.15) is 0 Å². The van der Waals surface area contributed by atoms with E-state index in [0.717, 1.165) is 24.3 Å². The molecule has 0 aromatic heterocycles. The molecule has 0 fully saturated rings. The predicted molar refractivity (Wildman–Crippen MR) is 61.3 cm³/mol. The third kappa shape index (κ3) is 6.58. The molecule has 2 aromatic carbocycles. The van der Waals surface area contributed by atoms with E-state index in [4.69, 9.17) is 0 Å². The van der Waals surface area contributed by atoms with Gasteiger partial charge in [0.15, 0.2) is 0 Å². The van der Waals surface area contributed by atoms with E-state index in [0.29, 0.717) is 0 Å². The number of fused-ring (bicyclic) bond motifs is 1. The first-order valence-corrected chi connectivity index (χ1v) is 5.70. The van der Waals surface area contributed by atoms with E-state index >= 15 is 0 Å². The molecule has 112 valence electrons. The Kier molecular flexibility index (Phi) is 15.5. The first-order valence-electron chi connectivity index (χ1n) is 5.70. The number of rotatable bonds is 4. The molecule has 0 unspecified atom stereocenters. The minimum Gasteiger partial charge on any atom is -0.545 e. The maximum atomic E-state index is 11.2. The molecule has 2 aromatic rings. The summed E-state index contributed by atoms with van der Waals surface area (Å²) in [6.45, 7) is 0. The summed E-state index contributed by atoms with van der Waals surface area (Å²) in [4.78, 5) is 44.1. The van der Waals surface area contributed by atoms with E-state index in [2.05, 4.69) is 0 Å². The smallest absolute Gasteiger partial charge is 0.545 e. The van der Waals surface area contributed by atoms with Crippen LogP contribution in [0.25, 0.3) is 10.8 Å². The van der Waals surface area contributed by atoms with Gasteiger partial charge in [-0.25, -0.2) is 0 Å². The van der Waals surface area contributed by atoms with Gasteiger partial charge in [0.05, 0.1) is 23.9 Å². The van der Waals surface area contributed by atoms with Crippen LogP contribution in [-0.4, -0.2) is 23.9 Å². The van der Waals surface area contributed by atoms with Crippen LogP contribution in [0.2, 0.25) is 0 Å². The molecular weight excluding hydrogens is 388 g/mol. The number of carboxylic acids is 4. The average molecular weight is 392 g/mol. The molecule has 0 spiro atoms. The first kappa shape index (κ1) is 31.3. The molecule has 0 aliphatic heterocycles. The normalized spacial score (nSPS) is 8.77. The van der Waals surface area contributed by atoms with Crippen LogP contribution in [0.3, 0.4) is 0 Å². The number of aromatic carboxylic acids is 4. The SMILES string of the molecule is O=C([O-])c1ccc2c(C(=O)[O-])c(C(=O)[O-])c(C(=O)[O-])cc2c1.[Na+].[Na+].[Na+].[Na+]. The van der Waals surface area contributed by atoms with Gasteiger partial charge in [-0.3, -0.25) is 0 Å². The standard InChI is InChI=1S/C14H8O8.4Na/c15-11(16)5-1-2-7-6(3-5)4-8(12(17)18)10(14(21)22)9(7)13(19)20;;;;/h1-4H,(H,15,16)(H,17,18)(H,19,20)(H,21,22);;;;/q;4*+1/p-4. The zero-order chi connectivity index (χ0) is 16.6. The van der Waals surface area contributed by atoms with Gasteiger partial charge in [0.1, 0.15) is 0 Å². The predicted octanol–water partition coefficient (Wildman–Crippen LogP) is -15.7. The van der Waals surface area contributed by atoms with Crippen LogP contribution in [0.5, 0.6) is 0 Å². The second-order valence-electron chi connectivity index (χ2n) is 4.26. The second-order valence-corrected chi connectivity index (χ2v) is 4.26. The molecule has 0 amide bonds. The largest absolute Gasteiger partial charge is 1.00 e. The average Bonchev–Trinajstić information content (AvgIpc) is 2.43. The van der Waals surface area contributed by atoms with Crippen molar-refractivity contribution in [1.82, 2.24) is 0 Å². The van der Waals surface area contributed by atoms with Crippen LogP contribution in [0, 0.1) is 0 Å². The van der Waals surface area contributed by atoms with Gasteiger partial charge in [-0.05, 0) is 28.5 Å². The number of carbonyl (C=O) groups excluding carboxylic acids is 4. The molecule has 0 radical (unpaired) electrons. The zero-order valence-corrected chi connectivity index (χ0v) is 22.6. The fourth-order valence-corrected chi connectivity index (χ4v) is 2.12. The molecule has 0 atom stereocenters. The van der Waals surface area contributed by atoms with Gasteiger partial charge in [0, 0.05) is 16.7 Å². The van der Waals surface area contributed by atoms with Gasteiger partial charge in [-0.1, -0.05) is 12.1 Å². The fraction of sp³-hybridized carbons (Fsp3) is 0. The van der Waals surface area contributed by atoms with Gasteiger partial charge >= 0.3 is 118 Å². The van der Waals surface area contributed by atoms with Gasteiger partial charge in [0.25, 0.3) is 0 Å². The van der Waals surface area contributed by atoms with Gasteiger partial charge in [-0.15, -0.1) is 0 Å². The molecule has 0 heterocycles. The van der Waals surface area contributed by atoms with Crippen molar-refractivity contribution in [3.8, 4) is 0 Å². The number of hydrogen-bond acceptors (Lipinski definition) is 8. The fourth-order valence-electron chi connectivity index (χ4n) is 2.12. The van der Waals surface area contributed by atoms with Crippen molar-refractivity contribution in [2.75, 3.05) is 0 Å². The second kappa shape index (κ2) is 12.9. The van der Waals surface area contributed by atoms with E-state index in [9.17, 15) is 39.6 Å². The summed E-state index contributed by atoms with van der Waals surface area (Å²) in [5.41, 5.74) is -3.33. The molecular formula is C14H4Na4O8. The summed E-state index contributed by atoms with van der Waals surface area (Å²) in [5, 5.41) is 43.7. The minimum atomic E-state index is -2.04. The summed E-state index contributed by atoms with van der Waals surface area (Å²) in [7, 11) is 0. The third-order valence-corrected chi connectivity index (χ3v) is 3.00. The van der Waals surface area contributed by atoms with E-state index in [1.807, 2.05) is 0 Å². The Bertz CT molecular complexity index is 866. The molecule has 0 aliphatic carbocycles. The van der Waals surface area contributed by atoms with E-state index in [1.165, 1.54) is 0 Å². The summed E-state index contributed by atoms with van der Waals surface area (Å²) < 4.78 is 0. The number of benzene rings is 2. The molecule has 0 bridgehead atoms. The van der Waals surface area contributed by atoms with Crippen molar-refractivity contribution in [2.24, 2.45) is 0 Å². The van der Waals surface area contributed by atoms with Crippen molar-refractivity contribution in [3.05, 3.63) is 46.5 Å². The van der Waals surface area contributed by atoms with Crippen LogP contribution in [-0.2, 0) is 0 Å². The van der Waals surface area contributed by atoms with Crippen LogP contribution in [0.4, 0.5) is 0 Å². The minimum absolute atomic E-state index is 0. The van der Waals surface area contributed by atoms with Crippen molar-refractivity contribution >= 4 is 34.6 Å². The Balaban J connectivity index is -0.00000132. The van der Waals surface area contributed by atoms with E-state index < -0.39 is 40.6 Å². The Hall–Kier alpha value is 0.580. The molecule has 2 rings (SSSR count). The summed E-state index contributed by atoms with van der Waals surface area (Å²) in [6.07, 6.45) is 0. The van der Waals surface area contributed by atoms with Crippen LogP contribution >= 0.6 is 0 Å². The van der Waals surface area contributed by atoms with Crippen molar-refractivity contribution < 1.29 is 158 Å². The van der Waals surface area contributed by atoms with Crippen LogP contribution < -0.4 is 139 Å². The van der Waals surface area contributed by atoms with Crippen molar-refractivity contribution in [2.45, 2.75) is 0 Å². The van der Waals surface area contributed by atoms with Gasteiger partial charge in [0.2, 0.25) is 0 Å². The Morgan fingerprint density at radius 3 is 1.50 bits per heavy atom. The topological polar surface area (TPSA) is 161 Å². The van der Waals surface area contributed by atoms with Crippen molar-refractivity contribution in [1.29, 1.82) is 0 Å². The number of hydrogen-bond donors (Lipinski definition) is 0. The van der Waals surface area contributed by atoms with Gasteiger partial charge < -0.3 is 39.6 Å². The molecule has 26 heavy (non-hydrogen) atoms. The molecule has 0 N–H and O–H groups in total. The van der Waals surface area contributed by atoms with Crippen LogP contribution in [0.1, 0.15) is 41.4 Å². The summed E-state index contributed by atoms with van der Waals surface area (Å²) >= 11 is 0. The zero-order valence-electron chi connectivity index (χ0n) is 14.6. The molecule has 0 aliphatic rings. The van der Waals surface area contributed by atoms with Crippen LogP contribution in [0.15, 0.2) is 24.3 Å². The summed E-state index contributed by atoms with van der Waals surface area (Å²) in [6, 6.07) is 3.73. The Morgan fingerprint density at radius 1 is 0.615 bits per heavy atom.